The highest BCUT2D eigenvalue weighted by atomic mass is 32.1. The molecule has 0 spiro atoms. The van der Waals surface area contributed by atoms with Gasteiger partial charge in [0.15, 0.2) is 0 Å². The molecule has 20 heavy (non-hydrogen) atoms. The quantitative estimate of drug-likeness (QED) is 0.823. The van der Waals surface area contributed by atoms with Crippen molar-refractivity contribution in [3.63, 3.8) is 0 Å². The van der Waals surface area contributed by atoms with Crippen LogP contribution in [0.3, 0.4) is 0 Å². The Balaban J connectivity index is 2.15. The second kappa shape index (κ2) is 6.65. The summed E-state index contributed by atoms with van der Waals surface area (Å²) in [5.41, 5.74) is 5.55. The van der Waals surface area contributed by atoms with E-state index in [1.54, 1.807) is 22.7 Å². The highest BCUT2D eigenvalue weighted by Crippen LogP contribution is 2.30. The smallest absolute Gasteiger partial charge is 0.264 e. The minimum Gasteiger partial charge on any atom is -0.393 e. The first-order valence-electron chi connectivity index (χ1n) is 6.52. The van der Waals surface area contributed by atoms with Crippen LogP contribution in [0.2, 0.25) is 0 Å². The van der Waals surface area contributed by atoms with Crippen LogP contribution >= 0.6 is 34.9 Å². The normalized spacial score (nSPS) is 11.2. The number of rotatable bonds is 6. The van der Waals surface area contributed by atoms with E-state index in [2.05, 4.69) is 19.9 Å². The highest BCUT2D eigenvalue weighted by molar-refractivity contribution is 7.80. The highest BCUT2D eigenvalue weighted by Gasteiger charge is 2.19. The fourth-order valence-corrected chi connectivity index (χ4v) is 4.16. The monoisotopic (exact) mass is 326 g/mol. The number of nitrogens with zero attached hydrogens (tertiary/aromatic N) is 1. The molecule has 0 bridgehead atoms. The van der Waals surface area contributed by atoms with Crippen molar-refractivity contribution in [1.82, 2.24) is 4.90 Å². The minimum atomic E-state index is 0.0864. The van der Waals surface area contributed by atoms with Crippen molar-refractivity contribution in [2.24, 2.45) is 11.7 Å². The van der Waals surface area contributed by atoms with Crippen LogP contribution in [-0.2, 0) is 0 Å². The molecule has 6 heteroatoms. The third-order valence-corrected chi connectivity index (χ3v) is 5.14. The van der Waals surface area contributed by atoms with E-state index in [-0.39, 0.29) is 5.91 Å². The number of thiocarbonyl (C=S) groups is 1. The van der Waals surface area contributed by atoms with Gasteiger partial charge in [-0.3, -0.25) is 4.79 Å². The molecule has 2 heterocycles. The van der Waals surface area contributed by atoms with E-state index in [1.807, 2.05) is 16.3 Å². The van der Waals surface area contributed by atoms with E-state index >= 15 is 0 Å². The van der Waals surface area contributed by atoms with E-state index in [4.69, 9.17) is 18.0 Å². The van der Waals surface area contributed by atoms with Gasteiger partial charge in [-0.2, -0.15) is 0 Å². The number of amides is 1. The molecule has 3 nitrogen and oxygen atoms in total. The van der Waals surface area contributed by atoms with Gasteiger partial charge in [0.25, 0.3) is 5.91 Å². The lowest BCUT2D eigenvalue weighted by molar-refractivity contribution is 0.0746. The second-order valence-electron chi connectivity index (χ2n) is 5.12. The first-order chi connectivity index (χ1) is 9.47. The Hall–Kier alpha value is -0.980. The van der Waals surface area contributed by atoms with Gasteiger partial charge in [-0.15, -0.1) is 22.7 Å². The molecule has 0 unspecified atom stereocenters. The average Bonchev–Trinajstić information content (AvgIpc) is 2.93. The summed E-state index contributed by atoms with van der Waals surface area (Å²) in [5.74, 6) is 0.509. The van der Waals surface area contributed by atoms with Gasteiger partial charge < -0.3 is 10.6 Å². The summed E-state index contributed by atoms with van der Waals surface area (Å²) in [6.45, 7) is 5.53. The number of carbonyl (C=O) groups excluding carboxylic acids is 1. The molecule has 2 aromatic rings. The van der Waals surface area contributed by atoms with Crippen LogP contribution in [0, 0.1) is 5.92 Å². The van der Waals surface area contributed by atoms with Crippen LogP contribution in [0.5, 0.6) is 0 Å². The maximum Gasteiger partial charge on any atom is 0.264 e. The van der Waals surface area contributed by atoms with Crippen LogP contribution < -0.4 is 5.73 Å². The van der Waals surface area contributed by atoms with E-state index in [9.17, 15) is 4.79 Å². The molecule has 0 aliphatic rings. The predicted molar refractivity (Wildman–Crippen MR) is 91.8 cm³/mol. The summed E-state index contributed by atoms with van der Waals surface area (Å²) >= 11 is 8.14. The molecule has 1 amide bonds. The fraction of sp³-hybridized carbons (Fsp3) is 0.429. The minimum absolute atomic E-state index is 0.0864. The molecule has 2 N–H and O–H groups in total. The summed E-state index contributed by atoms with van der Waals surface area (Å²) in [4.78, 5) is 15.7. The van der Waals surface area contributed by atoms with Crippen molar-refractivity contribution in [3.8, 4) is 0 Å². The molecule has 0 radical (unpaired) electrons. The van der Waals surface area contributed by atoms with Crippen molar-refractivity contribution in [1.29, 1.82) is 0 Å². The molecule has 108 valence electrons. The molecule has 0 atom stereocenters. The van der Waals surface area contributed by atoms with Crippen LogP contribution in [-0.4, -0.2) is 28.9 Å². The lowest BCUT2D eigenvalue weighted by atomic mass is 10.2. The van der Waals surface area contributed by atoms with Gasteiger partial charge >= 0.3 is 0 Å². The molecule has 0 saturated heterocycles. The summed E-state index contributed by atoms with van der Waals surface area (Å²) in [7, 11) is 0. The third kappa shape index (κ3) is 3.77. The van der Waals surface area contributed by atoms with Gasteiger partial charge in [-0.05, 0) is 23.4 Å². The molecule has 0 aliphatic heterocycles. The second-order valence-corrected chi connectivity index (χ2v) is 7.68. The first-order valence-corrected chi connectivity index (χ1v) is 8.62. The zero-order chi connectivity index (χ0) is 14.7. The van der Waals surface area contributed by atoms with Crippen LogP contribution in [0.1, 0.15) is 29.9 Å². The lowest BCUT2D eigenvalue weighted by Gasteiger charge is -2.23. The van der Waals surface area contributed by atoms with Gasteiger partial charge in [0.05, 0.1) is 9.87 Å². The summed E-state index contributed by atoms with van der Waals surface area (Å²) in [6.07, 6.45) is 0.577. The Labute approximate surface area is 132 Å². The topological polar surface area (TPSA) is 46.3 Å². The lowest BCUT2D eigenvalue weighted by Crippen LogP contribution is -2.36. The van der Waals surface area contributed by atoms with Gasteiger partial charge in [0, 0.05) is 28.9 Å². The summed E-state index contributed by atoms with van der Waals surface area (Å²) in [6, 6.07) is 4.05. The number of nitrogens with two attached hydrogens (primary N) is 1. The third-order valence-electron chi connectivity index (χ3n) is 2.85. The number of fused-ring (bicyclic) bond motifs is 1. The Kier molecular flexibility index (Phi) is 5.12. The van der Waals surface area contributed by atoms with Crippen LogP contribution in [0.15, 0.2) is 17.5 Å². The zero-order valence-corrected chi connectivity index (χ0v) is 14.0. The Morgan fingerprint density at radius 3 is 2.80 bits per heavy atom. The number of hydrogen-bond acceptors (Lipinski definition) is 4. The van der Waals surface area contributed by atoms with Crippen molar-refractivity contribution in [2.75, 3.05) is 13.1 Å². The van der Waals surface area contributed by atoms with E-state index in [0.717, 1.165) is 11.4 Å². The largest absolute Gasteiger partial charge is 0.393 e. The first kappa shape index (κ1) is 15.4. The summed E-state index contributed by atoms with van der Waals surface area (Å²) in [5, 5.41) is 2.05. The molecular weight excluding hydrogens is 308 g/mol. The standard InChI is InChI=1S/C14H18N2OS3/c1-9(2)8-16(5-3-13(15)18)14(17)12-7-11-10(20-12)4-6-19-11/h4,6-7,9H,3,5,8H2,1-2H3,(H2,15,18). The Bertz CT molecular complexity index is 586. The molecular formula is C14H18N2OS3. The maximum atomic E-state index is 12.6. The van der Waals surface area contributed by atoms with Crippen molar-refractivity contribution >= 4 is 55.2 Å². The molecule has 2 rings (SSSR count). The van der Waals surface area contributed by atoms with Crippen molar-refractivity contribution < 1.29 is 4.79 Å². The van der Waals surface area contributed by atoms with Crippen molar-refractivity contribution in [2.45, 2.75) is 20.3 Å². The number of thiophene rings is 2. The van der Waals surface area contributed by atoms with E-state index in [0.29, 0.717) is 23.9 Å². The van der Waals surface area contributed by atoms with Gasteiger partial charge in [-0.25, -0.2) is 0 Å². The van der Waals surface area contributed by atoms with E-state index < -0.39 is 0 Å². The van der Waals surface area contributed by atoms with Gasteiger partial charge in [-0.1, -0.05) is 26.1 Å². The number of carbonyl (C=O) groups is 1. The summed E-state index contributed by atoms with van der Waals surface area (Å²) < 4.78 is 2.36. The maximum absolute atomic E-state index is 12.6. The Morgan fingerprint density at radius 2 is 2.20 bits per heavy atom. The van der Waals surface area contributed by atoms with Crippen LogP contribution in [0.4, 0.5) is 0 Å². The van der Waals surface area contributed by atoms with E-state index in [1.165, 1.54) is 9.40 Å². The fourth-order valence-electron chi connectivity index (χ4n) is 1.99. The predicted octanol–water partition coefficient (Wildman–Crippen LogP) is 3.74. The molecule has 0 saturated carbocycles. The van der Waals surface area contributed by atoms with Crippen LogP contribution in [0.25, 0.3) is 9.40 Å². The molecule has 0 aliphatic carbocycles. The number of hydrogen-bond donors (Lipinski definition) is 1. The zero-order valence-electron chi connectivity index (χ0n) is 11.6. The van der Waals surface area contributed by atoms with Crippen molar-refractivity contribution in [3.05, 3.63) is 22.4 Å². The van der Waals surface area contributed by atoms with Gasteiger partial charge in [0.2, 0.25) is 0 Å². The molecule has 0 fully saturated rings. The Morgan fingerprint density at radius 1 is 1.45 bits per heavy atom. The average molecular weight is 327 g/mol. The molecule has 2 aromatic heterocycles. The molecule has 0 aromatic carbocycles. The SMILES string of the molecule is CC(C)CN(CCC(N)=S)C(=O)c1cc2sccc2s1. The van der Waals surface area contributed by atoms with Gasteiger partial charge in [0.1, 0.15) is 0 Å².